The van der Waals surface area contributed by atoms with Crippen molar-refractivity contribution in [2.45, 2.75) is 12.5 Å². The van der Waals surface area contributed by atoms with Gasteiger partial charge in [-0.15, -0.1) is 36.2 Å². The van der Waals surface area contributed by atoms with Crippen LogP contribution in [0.2, 0.25) is 0 Å². The van der Waals surface area contributed by atoms with Crippen LogP contribution in [0, 0.1) is 0 Å². The highest BCUT2D eigenvalue weighted by Crippen LogP contribution is 2.15. The third-order valence-electron chi connectivity index (χ3n) is 1.21. The molecule has 3 nitrogen and oxygen atoms in total. The van der Waals surface area contributed by atoms with E-state index in [1.807, 2.05) is 5.38 Å². The highest BCUT2D eigenvalue weighted by Gasteiger charge is 2.05. The zero-order valence-electron chi connectivity index (χ0n) is 6.34. The van der Waals surface area contributed by atoms with Crippen LogP contribution < -0.4 is 5.73 Å². The lowest BCUT2D eigenvalue weighted by Gasteiger charge is -2.03. The molecule has 0 bridgehead atoms. The second-order valence-corrected chi connectivity index (χ2v) is 2.92. The van der Waals surface area contributed by atoms with Crippen molar-refractivity contribution in [2.24, 2.45) is 5.73 Å². The molecule has 12 heavy (non-hydrogen) atoms. The molecular weight excluding hydrogens is 219 g/mol. The van der Waals surface area contributed by atoms with E-state index < -0.39 is 0 Å². The van der Waals surface area contributed by atoms with E-state index in [4.69, 9.17) is 10.8 Å². The van der Waals surface area contributed by atoms with Crippen LogP contribution in [0.3, 0.4) is 0 Å². The number of hydrogen-bond acceptors (Lipinski definition) is 4. The predicted molar refractivity (Wildman–Crippen MR) is 55.2 cm³/mol. The minimum atomic E-state index is -0.0926. The van der Waals surface area contributed by atoms with Crippen molar-refractivity contribution in [3.63, 3.8) is 0 Å². The van der Waals surface area contributed by atoms with Crippen molar-refractivity contribution in [3.8, 4) is 0 Å². The van der Waals surface area contributed by atoms with E-state index in [-0.39, 0.29) is 37.5 Å². The van der Waals surface area contributed by atoms with Gasteiger partial charge in [0, 0.05) is 18.2 Å². The van der Waals surface area contributed by atoms with Gasteiger partial charge in [0.25, 0.3) is 0 Å². The largest absolute Gasteiger partial charge is 0.396 e. The quantitative estimate of drug-likeness (QED) is 0.825. The SMILES string of the molecule is Cl.Cl.N[C@@H](CCO)c1nccs1. The van der Waals surface area contributed by atoms with E-state index in [2.05, 4.69) is 4.98 Å². The Morgan fingerprint density at radius 2 is 2.25 bits per heavy atom. The van der Waals surface area contributed by atoms with Gasteiger partial charge < -0.3 is 10.8 Å². The van der Waals surface area contributed by atoms with E-state index in [1.54, 1.807) is 6.20 Å². The number of aromatic nitrogens is 1. The summed E-state index contributed by atoms with van der Waals surface area (Å²) < 4.78 is 0. The Balaban J connectivity index is 0. The van der Waals surface area contributed by atoms with Crippen LogP contribution >= 0.6 is 36.2 Å². The highest BCUT2D eigenvalue weighted by atomic mass is 35.5. The molecule has 3 N–H and O–H groups in total. The average molecular weight is 231 g/mol. The van der Waals surface area contributed by atoms with Gasteiger partial charge in [-0.05, 0) is 6.42 Å². The standard InChI is InChI=1S/C6H10N2OS.2ClH/c7-5(1-3-9)6-8-2-4-10-6;;/h2,4-5,9H,1,3,7H2;2*1H/t5-;;/m0../s1. The Bertz CT molecular complexity index is 184. The van der Waals surface area contributed by atoms with Gasteiger partial charge in [0.15, 0.2) is 0 Å². The first-order valence-corrected chi connectivity index (χ1v) is 3.98. The second-order valence-electron chi connectivity index (χ2n) is 1.99. The zero-order valence-corrected chi connectivity index (χ0v) is 8.79. The summed E-state index contributed by atoms with van der Waals surface area (Å²) in [5, 5.41) is 11.3. The molecular formula is C6H12Cl2N2OS. The monoisotopic (exact) mass is 230 g/mol. The van der Waals surface area contributed by atoms with Crippen molar-refractivity contribution in [1.29, 1.82) is 0 Å². The lowest BCUT2D eigenvalue weighted by Crippen LogP contribution is -2.11. The van der Waals surface area contributed by atoms with Gasteiger partial charge in [-0.1, -0.05) is 0 Å². The fraction of sp³-hybridized carbons (Fsp3) is 0.500. The highest BCUT2D eigenvalue weighted by molar-refractivity contribution is 7.09. The Hall–Kier alpha value is 0.130. The third kappa shape index (κ3) is 4.23. The smallest absolute Gasteiger partial charge is 0.109 e. The van der Waals surface area contributed by atoms with Crippen molar-refractivity contribution in [2.75, 3.05) is 6.61 Å². The summed E-state index contributed by atoms with van der Waals surface area (Å²) in [6.45, 7) is 0.126. The maximum Gasteiger partial charge on any atom is 0.109 e. The van der Waals surface area contributed by atoms with Crippen molar-refractivity contribution >= 4 is 36.2 Å². The fourth-order valence-electron chi connectivity index (χ4n) is 0.680. The molecule has 1 atom stereocenters. The third-order valence-corrected chi connectivity index (χ3v) is 2.12. The van der Waals surface area contributed by atoms with Gasteiger partial charge in [0.1, 0.15) is 5.01 Å². The van der Waals surface area contributed by atoms with Crippen LogP contribution in [0.15, 0.2) is 11.6 Å². The summed E-state index contributed by atoms with van der Waals surface area (Å²) in [5.74, 6) is 0. The van der Waals surface area contributed by atoms with E-state index in [1.165, 1.54) is 11.3 Å². The molecule has 0 aliphatic carbocycles. The molecule has 0 unspecified atom stereocenters. The van der Waals surface area contributed by atoms with Crippen LogP contribution in [-0.2, 0) is 0 Å². The maximum atomic E-state index is 8.53. The van der Waals surface area contributed by atoms with E-state index >= 15 is 0 Å². The molecule has 0 radical (unpaired) electrons. The fourth-order valence-corrected chi connectivity index (χ4v) is 1.36. The Labute approximate surface area is 87.8 Å². The van der Waals surface area contributed by atoms with E-state index in [0.717, 1.165) is 5.01 Å². The summed E-state index contributed by atoms with van der Waals surface area (Å²) in [7, 11) is 0. The summed E-state index contributed by atoms with van der Waals surface area (Å²) in [6.07, 6.45) is 2.31. The minimum absolute atomic E-state index is 0. The number of nitrogens with zero attached hydrogens (tertiary/aromatic N) is 1. The first-order valence-electron chi connectivity index (χ1n) is 3.10. The number of rotatable bonds is 3. The molecule has 1 rings (SSSR count). The molecule has 1 aromatic heterocycles. The number of hydrogen-bond donors (Lipinski definition) is 2. The Morgan fingerprint density at radius 1 is 1.58 bits per heavy atom. The first kappa shape index (κ1) is 14.6. The van der Waals surface area contributed by atoms with Gasteiger partial charge >= 0.3 is 0 Å². The summed E-state index contributed by atoms with van der Waals surface area (Å²) in [6, 6.07) is -0.0926. The van der Waals surface area contributed by atoms with Crippen LogP contribution in [-0.4, -0.2) is 16.7 Å². The second kappa shape index (κ2) is 7.76. The number of halogens is 2. The molecule has 6 heteroatoms. The van der Waals surface area contributed by atoms with Gasteiger partial charge in [-0.3, -0.25) is 0 Å². The lowest BCUT2D eigenvalue weighted by molar-refractivity contribution is 0.276. The van der Waals surface area contributed by atoms with Crippen molar-refractivity contribution < 1.29 is 5.11 Å². The summed E-state index contributed by atoms with van der Waals surface area (Å²) in [5.41, 5.74) is 5.64. The molecule has 0 saturated carbocycles. The Kier molecular flexibility index (Phi) is 9.47. The Morgan fingerprint density at radius 3 is 2.67 bits per heavy atom. The topological polar surface area (TPSA) is 59.1 Å². The van der Waals surface area contributed by atoms with E-state index in [0.29, 0.717) is 6.42 Å². The van der Waals surface area contributed by atoms with Gasteiger partial charge in [-0.2, -0.15) is 0 Å². The minimum Gasteiger partial charge on any atom is -0.396 e. The molecule has 1 heterocycles. The number of aliphatic hydroxyl groups excluding tert-OH is 1. The molecule has 0 aliphatic heterocycles. The molecule has 1 aromatic rings. The normalized spacial score (nSPS) is 11.2. The molecule has 0 saturated heterocycles. The van der Waals surface area contributed by atoms with Crippen LogP contribution in [0.1, 0.15) is 17.5 Å². The first-order chi connectivity index (χ1) is 4.84. The van der Waals surface area contributed by atoms with Crippen molar-refractivity contribution in [1.82, 2.24) is 4.98 Å². The number of aliphatic hydroxyl groups is 1. The maximum absolute atomic E-state index is 8.53. The molecule has 0 fully saturated rings. The molecule has 72 valence electrons. The van der Waals surface area contributed by atoms with Crippen molar-refractivity contribution in [3.05, 3.63) is 16.6 Å². The summed E-state index contributed by atoms with van der Waals surface area (Å²) in [4.78, 5) is 4.02. The van der Waals surface area contributed by atoms with Gasteiger partial charge in [0.05, 0.1) is 6.04 Å². The molecule has 0 amide bonds. The lowest BCUT2D eigenvalue weighted by atomic mass is 10.2. The molecule has 0 aromatic carbocycles. The van der Waals surface area contributed by atoms with Gasteiger partial charge in [0.2, 0.25) is 0 Å². The van der Waals surface area contributed by atoms with Crippen LogP contribution in [0.5, 0.6) is 0 Å². The van der Waals surface area contributed by atoms with Crippen LogP contribution in [0.25, 0.3) is 0 Å². The van der Waals surface area contributed by atoms with Crippen LogP contribution in [0.4, 0.5) is 0 Å². The average Bonchev–Trinajstić information content (AvgIpc) is 2.38. The number of thiazole rings is 1. The molecule has 0 spiro atoms. The van der Waals surface area contributed by atoms with E-state index in [9.17, 15) is 0 Å². The predicted octanol–water partition coefficient (Wildman–Crippen LogP) is 1.37. The molecule has 0 aliphatic rings. The summed E-state index contributed by atoms with van der Waals surface area (Å²) >= 11 is 1.52. The number of nitrogens with two attached hydrogens (primary N) is 1. The van der Waals surface area contributed by atoms with Gasteiger partial charge in [-0.25, -0.2) is 4.98 Å². The zero-order chi connectivity index (χ0) is 7.40.